The highest BCUT2D eigenvalue weighted by Crippen LogP contribution is 1.97. The summed E-state index contributed by atoms with van der Waals surface area (Å²) in [6.45, 7) is 10.7. The van der Waals surface area contributed by atoms with E-state index in [-0.39, 0.29) is 6.04 Å². The lowest BCUT2D eigenvalue weighted by molar-refractivity contribution is 0.277. The number of hydrogen-bond donors (Lipinski definition) is 1. The Bertz CT molecular complexity index is 174. The van der Waals surface area contributed by atoms with Gasteiger partial charge in [-0.1, -0.05) is 20.8 Å². The van der Waals surface area contributed by atoms with Crippen molar-refractivity contribution in [2.75, 3.05) is 26.2 Å². The second-order valence-electron chi connectivity index (χ2n) is 3.86. The molecule has 15 heavy (non-hydrogen) atoms. The van der Waals surface area contributed by atoms with Crippen LogP contribution < -0.4 is 5.32 Å². The van der Waals surface area contributed by atoms with E-state index in [2.05, 4.69) is 37.1 Å². The zero-order valence-corrected chi connectivity index (χ0v) is 10.4. The first-order valence-corrected chi connectivity index (χ1v) is 6.13. The highest BCUT2D eigenvalue weighted by atomic mass is 15.1. The van der Waals surface area contributed by atoms with Crippen LogP contribution in [0, 0.1) is 11.3 Å². The molecule has 0 aliphatic heterocycles. The molecule has 0 heterocycles. The lowest BCUT2D eigenvalue weighted by Crippen LogP contribution is -2.34. The maximum absolute atomic E-state index is 8.94. The third-order valence-electron chi connectivity index (χ3n) is 2.52. The molecule has 1 atom stereocenters. The summed E-state index contributed by atoms with van der Waals surface area (Å²) in [5.74, 6) is 0. The fourth-order valence-corrected chi connectivity index (χ4v) is 1.59. The molecule has 0 amide bonds. The van der Waals surface area contributed by atoms with Crippen LogP contribution in [0.5, 0.6) is 0 Å². The van der Waals surface area contributed by atoms with E-state index in [4.69, 9.17) is 5.26 Å². The number of nitrogens with zero attached hydrogens (tertiary/aromatic N) is 2. The van der Waals surface area contributed by atoms with E-state index in [1.165, 1.54) is 6.42 Å². The fraction of sp³-hybridized carbons (Fsp3) is 0.917. The summed E-state index contributed by atoms with van der Waals surface area (Å²) in [6.07, 6.45) is 3.21. The van der Waals surface area contributed by atoms with Gasteiger partial charge in [0.2, 0.25) is 0 Å². The van der Waals surface area contributed by atoms with Crippen LogP contribution in [-0.2, 0) is 0 Å². The van der Waals surface area contributed by atoms with Crippen LogP contribution in [0.15, 0.2) is 0 Å². The molecule has 0 saturated heterocycles. The molecular weight excluding hydrogens is 186 g/mol. The Balaban J connectivity index is 3.72. The van der Waals surface area contributed by atoms with E-state index in [1.807, 2.05) is 0 Å². The van der Waals surface area contributed by atoms with Crippen LogP contribution in [0.4, 0.5) is 0 Å². The molecule has 0 rings (SSSR count). The van der Waals surface area contributed by atoms with Crippen molar-refractivity contribution in [3.63, 3.8) is 0 Å². The van der Waals surface area contributed by atoms with Gasteiger partial charge in [-0.05, 0) is 38.9 Å². The Morgan fingerprint density at radius 3 is 2.40 bits per heavy atom. The minimum atomic E-state index is 0.0239. The van der Waals surface area contributed by atoms with Crippen molar-refractivity contribution in [3.05, 3.63) is 0 Å². The molecule has 0 aromatic carbocycles. The molecule has 0 saturated carbocycles. The first-order chi connectivity index (χ1) is 7.28. The fourth-order valence-electron chi connectivity index (χ4n) is 1.59. The largest absolute Gasteiger partial charge is 0.304 e. The lowest BCUT2D eigenvalue weighted by atomic mass is 10.2. The van der Waals surface area contributed by atoms with Crippen LogP contribution in [0.1, 0.15) is 40.0 Å². The molecule has 0 aromatic rings. The first kappa shape index (κ1) is 14.4. The molecule has 88 valence electrons. The number of rotatable bonds is 9. The van der Waals surface area contributed by atoms with Crippen molar-refractivity contribution in [2.45, 2.75) is 46.1 Å². The predicted molar refractivity (Wildman–Crippen MR) is 64.7 cm³/mol. The lowest BCUT2D eigenvalue weighted by Gasteiger charge is -2.21. The Labute approximate surface area is 94.5 Å². The molecule has 0 spiro atoms. The zero-order valence-electron chi connectivity index (χ0n) is 10.4. The minimum absolute atomic E-state index is 0.0239. The summed E-state index contributed by atoms with van der Waals surface area (Å²) in [4.78, 5) is 2.40. The van der Waals surface area contributed by atoms with E-state index in [1.54, 1.807) is 0 Å². The van der Waals surface area contributed by atoms with Crippen LogP contribution in [0.3, 0.4) is 0 Å². The zero-order chi connectivity index (χ0) is 11.5. The van der Waals surface area contributed by atoms with Crippen molar-refractivity contribution in [3.8, 4) is 6.07 Å². The SMILES string of the molecule is CCCNC(C#N)CCN(CC)CCC. The molecule has 0 bridgehead atoms. The third kappa shape index (κ3) is 7.35. The average molecular weight is 211 g/mol. The van der Waals surface area contributed by atoms with Gasteiger partial charge in [-0.25, -0.2) is 0 Å². The smallest absolute Gasteiger partial charge is 0.0965 e. The van der Waals surface area contributed by atoms with Gasteiger partial charge in [0, 0.05) is 6.54 Å². The first-order valence-electron chi connectivity index (χ1n) is 6.13. The number of hydrogen-bond acceptors (Lipinski definition) is 3. The van der Waals surface area contributed by atoms with Crippen molar-refractivity contribution >= 4 is 0 Å². The van der Waals surface area contributed by atoms with E-state index < -0.39 is 0 Å². The Morgan fingerprint density at radius 1 is 1.20 bits per heavy atom. The molecule has 1 N–H and O–H groups in total. The van der Waals surface area contributed by atoms with Gasteiger partial charge < -0.3 is 10.2 Å². The summed E-state index contributed by atoms with van der Waals surface area (Å²) in [7, 11) is 0. The molecule has 0 aliphatic carbocycles. The van der Waals surface area contributed by atoms with Gasteiger partial charge in [0.15, 0.2) is 0 Å². The van der Waals surface area contributed by atoms with Gasteiger partial charge in [0.25, 0.3) is 0 Å². The normalized spacial score (nSPS) is 12.7. The van der Waals surface area contributed by atoms with Crippen molar-refractivity contribution < 1.29 is 0 Å². The number of nitrogens with one attached hydrogen (secondary N) is 1. The van der Waals surface area contributed by atoms with Gasteiger partial charge in [-0.15, -0.1) is 0 Å². The van der Waals surface area contributed by atoms with Crippen molar-refractivity contribution in [1.29, 1.82) is 5.26 Å². The highest BCUT2D eigenvalue weighted by molar-refractivity contribution is 4.89. The molecule has 3 nitrogen and oxygen atoms in total. The molecule has 0 aliphatic rings. The quantitative estimate of drug-likeness (QED) is 0.634. The maximum Gasteiger partial charge on any atom is 0.0965 e. The van der Waals surface area contributed by atoms with E-state index in [0.29, 0.717) is 0 Å². The summed E-state index contributed by atoms with van der Waals surface area (Å²) < 4.78 is 0. The third-order valence-corrected chi connectivity index (χ3v) is 2.52. The molecule has 0 fully saturated rings. The summed E-state index contributed by atoms with van der Waals surface area (Å²) >= 11 is 0. The Kier molecular flexibility index (Phi) is 9.55. The second kappa shape index (κ2) is 9.95. The molecule has 0 aromatic heterocycles. The second-order valence-corrected chi connectivity index (χ2v) is 3.86. The van der Waals surface area contributed by atoms with Gasteiger partial charge in [0.05, 0.1) is 12.1 Å². The average Bonchev–Trinajstić information content (AvgIpc) is 2.27. The maximum atomic E-state index is 8.94. The molecule has 3 heteroatoms. The summed E-state index contributed by atoms with van der Waals surface area (Å²) in [5.41, 5.74) is 0. The monoisotopic (exact) mass is 211 g/mol. The van der Waals surface area contributed by atoms with E-state index in [9.17, 15) is 0 Å². The number of nitriles is 1. The van der Waals surface area contributed by atoms with Crippen LogP contribution in [0.2, 0.25) is 0 Å². The minimum Gasteiger partial charge on any atom is -0.304 e. The van der Waals surface area contributed by atoms with Crippen molar-refractivity contribution in [1.82, 2.24) is 10.2 Å². The molecule has 0 radical (unpaired) electrons. The van der Waals surface area contributed by atoms with Gasteiger partial charge >= 0.3 is 0 Å². The van der Waals surface area contributed by atoms with E-state index >= 15 is 0 Å². The van der Waals surface area contributed by atoms with Gasteiger partial charge in [-0.2, -0.15) is 5.26 Å². The highest BCUT2D eigenvalue weighted by Gasteiger charge is 2.08. The summed E-state index contributed by atoms with van der Waals surface area (Å²) in [6, 6.07) is 2.34. The van der Waals surface area contributed by atoms with Crippen LogP contribution >= 0.6 is 0 Å². The van der Waals surface area contributed by atoms with Crippen LogP contribution in [0.25, 0.3) is 0 Å². The summed E-state index contributed by atoms with van der Waals surface area (Å²) in [5, 5.41) is 12.2. The van der Waals surface area contributed by atoms with Gasteiger partial charge in [0.1, 0.15) is 0 Å². The molecular formula is C12H25N3. The van der Waals surface area contributed by atoms with Crippen molar-refractivity contribution in [2.24, 2.45) is 0 Å². The standard InChI is InChI=1S/C12H25N3/c1-4-8-14-12(11-13)7-10-15(6-3)9-5-2/h12,14H,4-10H2,1-3H3. The Hall–Kier alpha value is -0.590. The molecule has 1 unspecified atom stereocenters. The predicted octanol–water partition coefficient (Wildman–Crippen LogP) is 2.00. The Morgan fingerprint density at radius 2 is 1.93 bits per heavy atom. The van der Waals surface area contributed by atoms with Gasteiger partial charge in [-0.3, -0.25) is 0 Å². The van der Waals surface area contributed by atoms with Crippen LogP contribution in [-0.4, -0.2) is 37.1 Å². The topological polar surface area (TPSA) is 39.1 Å². The van der Waals surface area contributed by atoms with E-state index in [0.717, 1.165) is 39.0 Å².